The third kappa shape index (κ3) is 3.60. The molecule has 4 nitrogen and oxygen atoms in total. The van der Waals surface area contributed by atoms with E-state index in [4.69, 9.17) is 14.5 Å². The minimum absolute atomic E-state index is 0.0973. The minimum atomic E-state index is -0.611. The third-order valence-electron chi connectivity index (χ3n) is 11.0. The van der Waals surface area contributed by atoms with E-state index in [9.17, 15) is 5.11 Å². The average Bonchev–Trinajstić information content (AvgIpc) is 3.15. The van der Waals surface area contributed by atoms with Crippen LogP contribution in [0.4, 0.5) is 0 Å². The van der Waals surface area contributed by atoms with Crippen molar-refractivity contribution >= 4 is 21.5 Å². The fraction of sp³-hybridized carbons (Fsp3) is 0.724. The monoisotopic (exact) mass is 530 g/mol. The maximum absolute atomic E-state index is 10.7. The summed E-state index contributed by atoms with van der Waals surface area (Å²) in [5.74, 6) is 2.23. The number of rotatable bonds is 2. The largest absolute Gasteiger partial charge is 0.393 e. The average molecular weight is 532 g/mol. The Morgan fingerprint density at radius 3 is 2.47 bits per heavy atom. The Morgan fingerprint density at radius 2 is 1.74 bits per heavy atom. The van der Waals surface area contributed by atoms with Crippen molar-refractivity contribution in [2.75, 3.05) is 6.61 Å². The zero-order valence-electron chi connectivity index (χ0n) is 20.6. The molecule has 1 aromatic rings. The van der Waals surface area contributed by atoms with Gasteiger partial charge in [0.05, 0.1) is 12.7 Å². The van der Waals surface area contributed by atoms with Gasteiger partial charge < -0.3 is 9.84 Å². The molecule has 1 N–H and O–H groups in total. The molecule has 1 saturated heterocycles. The number of halogens is 1. The van der Waals surface area contributed by atoms with Crippen molar-refractivity contribution < 1.29 is 19.6 Å². The molecular weight excluding hydrogens is 492 g/mol. The Labute approximate surface area is 212 Å². The number of hydrogen-bond acceptors (Lipinski definition) is 4. The normalized spacial score (nSPS) is 48.1. The van der Waals surface area contributed by atoms with Crippen molar-refractivity contribution in [1.29, 1.82) is 0 Å². The van der Waals surface area contributed by atoms with Crippen molar-refractivity contribution in [1.82, 2.24) is 0 Å². The Morgan fingerprint density at radius 1 is 0.971 bits per heavy atom. The lowest BCUT2D eigenvalue weighted by Crippen LogP contribution is -2.58. The van der Waals surface area contributed by atoms with Gasteiger partial charge in [-0.25, -0.2) is 9.78 Å². The van der Waals surface area contributed by atoms with Gasteiger partial charge in [0.25, 0.3) is 0 Å². The lowest BCUT2D eigenvalue weighted by molar-refractivity contribution is -0.489. The molecule has 0 bridgehead atoms. The van der Waals surface area contributed by atoms with Gasteiger partial charge in [-0.05, 0) is 103 Å². The standard InChI is InChI=1S/C29H39BrO4/c1-18(19-4-7-21(30)8-5-19)25-17-32-29(34-33-25)15-14-27(2)20(16-29)6-9-22-23-10-11-26(31)28(23,3)13-12-24(22)27/h4-5,7-8,20,22-26,31H,1,6,9-17H2,2-3H3/t20-,22?,23?,24?,25?,26+,27+,28+,29?/m1/s1. The molecule has 0 aromatic heterocycles. The van der Waals surface area contributed by atoms with E-state index in [0.717, 1.165) is 53.1 Å². The molecule has 186 valence electrons. The third-order valence-corrected chi connectivity index (χ3v) is 11.6. The van der Waals surface area contributed by atoms with E-state index in [2.05, 4.69) is 36.4 Å². The zero-order valence-corrected chi connectivity index (χ0v) is 22.2. The van der Waals surface area contributed by atoms with Gasteiger partial charge in [0, 0.05) is 17.3 Å². The van der Waals surface area contributed by atoms with Gasteiger partial charge in [-0.1, -0.05) is 48.5 Å². The quantitative estimate of drug-likeness (QED) is 0.422. The van der Waals surface area contributed by atoms with Gasteiger partial charge in [0.1, 0.15) is 6.10 Å². The molecule has 1 spiro atoms. The van der Waals surface area contributed by atoms with E-state index in [-0.39, 0.29) is 17.6 Å². The highest BCUT2D eigenvalue weighted by Gasteiger charge is 2.62. The first-order chi connectivity index (χ1) is 16.2. The van der Waals surface area contributed by atoms with E-state index >= 15 is 0 Å². The number of aliphatic hydroxyl groups excluding tert-OH is 1. The zero-order chi connectivity index (χ0) is 23.7. The topological polar surface area (TPSA) is 47.9 Å². The molecule has 5 unspecified atom stereocenters. The first-order valence-corrected chi connectivity index (χ1v) is 14.1. The smallest absolute Gasteiger partial charge is 0.202 e. The number of fused-ring (bicyclic) bond motifs is 5. The van der Waals surface area contributed by atoms with E-state index < -0.39 is 5.79 Å². The molecule has 1 heterocycles. The summed E-state index contributed by atoms with van der Waals surface area (Å²) in [6, 6.07) is 8.13. The van der Waals surface area contributed by atoms with Crippen LogP contribution in [0.5, 0.6) is 0 Å². The summed E-state index contributed by atoms with van der Waals surface area (Å²) >= 11 is 3.49. The summed E-state index contributed by atoms with van der Waals surface area (Å²) in [4.78, 5) is 12.0. The summed E-state index contributed by atoms with van der Waals surface area (Å²) in [7, 11) is 0. The van der Waals surface area contributed by atoms with Gasteiger partial charge in [-0.2, -0.15) is 0 Å². The number of hydrogen-bond donors (Lipinski definition) is 1. The van der Waals surface area contributed by atoms with Gasteiger partial charge in [-0.3, -0.25) is 0 Å². The molecule has 6 rings (SSSR count). The van der Waals surface area contributed by atoms with Crippen molar-refractivity contribution in [2.45, 2.75) is 89.6 Å². The van der Waals surface area contributed by atoms with Gasteiger partial charge >= 0.3 is 0 Å². The summed E-state index contributed by atoms with van der Waals surface area (Å²) in [5.41, 5.74) is 2.43. The summed E-state index contributed by atoms with van der Waals surface area (Å²) in [5, 5.41) is 10.7. The predicted molar refractivity (Wildman–Crippen MR) is 136 cm³/mol. The number of benzene rings is 1. The van der Waals surface area contributed by atoms with Crippen molar-refractivity contribution in [3.63, 3.8) is 0 Å². The van der Waals surface area contributed by atoms with Crippen LogP contribution in [0.15, 0.2) is 35.3 Å². The molecule has 34 heavy (non-hydrogen) atoms. The molecule has 1 aromatic carbocycles. The fourth-order valence-electron chi connectivity index (χ4n) is 8.81. The molecule has 0 radical (unpaired) electrons. The van der Waals surface area contributed by atoms with Crippen LogP contribution in [-0.4, -0.2) is 29.7 Å². The highest BCUT2D eigenvalue weighted by Crippen LogP contribution is 2.67. The van der Waals surface area contributed by atoms with E-state index in [1.54, 1.807) is 0 Å². The van der Waals surface area contributed by atoms with Crippen LogP contribution in [0, 0.1) is 34.5 Å². The van der Waals surface area contributed by atoms with Crippen LogP contribution >= 0.6 is 15.9 Å². The lowest BCUT2D eigenvalue weighted by atomic mass is 9.45. The summed E-state index contributed by atoms with van der Waals surface area (Å²) < 4.78 is 7.51. The second kappa shape index (κ2) is 8.41. The SMILES string of the molecule is C=C(c1ccc(Br)cc1)C1COC2(CC[C@]3(C)C4CC[C@@]5(C)C(CC[C@@H]5O)C4CC[C@@H]3C2)OO1. The first-order valence-electron chi connectivity index (χ1n) is 13.4. The molecule has 4 aliphatic carbocycles. The van der Waals surface area contributed by atoms with Crippen LogP contribution in [0.3, 0.4) is 0 Å². The van der Waals surface area contributed by atoms with Crippen molar-refractivity contribution in [3.05, 3.63) is 40.9 Å². The van der Waals surface area contributed by atoms with Crippen molar-refractivity contribution in [2.24, 2.45) is 34.5 Å². The van der Waals surface area contributed by atoms with Crippen LogP contribution in [0.25, 0.3) is 5.57 Å². The second-order valence-corrected chi connectivity index (χ2v) is 13.3. The van der Waals surface area contributed by atoms with Crippen LogP contribution in [0.1, 0.15) is 77.2 Å². The fourth-order valence-corrected chi connectivity index (χ4v) is 9.07. The molecule has 5 heteroatoms. The highest BCUT2D eigenvalue weighted by molar-refractivity contribution is 9.10. The molecule has 0 amide bonds. The lowest BCUT2D eigenvalue weighted by Gasteiger charge is -2.62. The predicted octanol–water partition coefficient (Wildman–Crippen LogP) is 6.91. The molecular formula is C29H39BrO4. The summed E-state index contributed by atoms with van der Waals surface area (Å²) in [6.45, 7) is 9.66. The summed E-state index contributed by atoms with van der Waals surface area (Å²) in [6.07, 6.45) is 9.77. The molecule has 5 fully saturated rings. The Hall–Kier alpha value is -0.720. The van der Waals surface area contributed by atoms with E-state index in [1.807, 2.05) is 24.3 Å². The Kier molecular flexibility index (Phi) is 5.85. The Balaban J connectivity index is 1.13. The maximum atomic E-state index is 10.7. The van der Waals surface area contributed by atoms with Crippen LogP contribution in [-0.2, 0) is 14.5 Å². The maximum Gasteiger partial charge on any atom is 0.202 e. The molecule has 9 atom stereocenters. The molecule has 4 saturated carbocycles. The molecule has 1 aliphatic heterocycles. The van der Waals surface area contributed by atoms with Crippen LogP contribution < -0.4 is 0 Å². The number of aliphatic hydroxyl groups is 1. The first kappa shape index (κ1) is 23.7. The van der Waals surface area contributed by atoms with Crippen molar-refractivity contribution in [3.8, 4) is 0 Å². The highest BCUT2D eigenvalue weighted by atomic mass is 79.9. The minimum Gasteiger partial charge on any atom is -0.393 e. The van der Waals surface area contributed by atoms with Gasteiger partial charge in [0.2, 0.25) is 5.79 Å². The van der Waals surface area contributed by atoms with Gasteiger partial charge in [0.15, 0.2) is 0 Å². The van der Waals surface area contributed by atoms with Crippen LogP contribution in [0.2, 0.25) is 0 Å². The Bertz CT molecular complexity index is 938. The number of ether oxygens (including phenoxy) is 1. The van der Waals surface area contributed by atoms with E-state index in [0.29, 0.717) is 23.9 Å². The molecule has 5 aliphatic rings. The second-order valence-electron chi connectivity index (χ2n) is 12.4. The van der Waals surface area contributed by atoms with E-state index in [1.165, 1.54) is 32.1 Å². The van der Waals surface area contributed by atoms with Gasteiger partial charge in [-0.15, -0.1) is 0 Å².